The highest BCUT2D eigenvalue weighted by atomic mass is 15.2. The smallest absolute Gasteiger partial charge is 0.0368 e. The Kier molecular flexibility index (Phi) is 4.87. The van der Waals surface area contributed by atoms with E-state index in [1.54, 1.807) is 0 Å². The van der Waals surface area contributed by atoms with Crippen LogP contribution in [-0.4, -0.2) is 19.1 Å². The molecule has 2 rings (SSSR count). The Hall–Kier alpha value is -1.02. The molecule has 1 aromatic carbocycles. The summed E-state index contributed by atoms with van der Waals surface area (Å²) in [7, 11) is 0. The van der Waals surface area contributed by atoms with Crippen molar-refractivity contribution in [1.29, 1.82) is 0 Å². The summed E-state index contributed by atoms with van der Waals surface area (Å²) in [5, 5.41) is 3.46. The van der Waals surface area contributed by atoms with E-state index in [1.165, 1.54) is 30.6 Å². The molecule has 0 aromatic heterocycles. The Morgan fingerprint density at radius 2 is 1.95 bits per heavy atom. The maximum absolute atomic E-state index is 3.46. The van der Waals surface area contributed by atoms with Crippen molar-refractivity contribution in [3.8, 4) is 0 Å². The van der Waals surface area contributed by atoms with Gasteiger partial charge in [-0.25, -0.2) is 0 Å². The number of piperidine rings is 1. The second-order valence-electron chi connectivity index (χ2n) is 6.04. The zero-order valence-corrected chi connectivity index (χ0v) is 12.8. The van der Waals surface area contributed by atoms with Gasteiger partial charge in [0.2, 0.25) is 0 Å². The van der Waals surface area contributed by atoms with Crippen molar-refractivity contribution in [2.24, 2.45) is 5.92 Å². The van der Waals surface area contributed by atoms with E-state index < -0.39 is 0 Å². The Balaban J connectivity index is 2.05. The molecule has 1 fully saturated rings. The Labute approximate surface area is 118 Å². The van der Waals surface area contributed by atoms with Crippen LogP contribution in [0.4, 0.5) is 5.69 Å². The van der Waals surface area contributed by atoms with E-state index in [0.717, 1.165) is 12.5 Å². The summed E-state index contributed by atoms with van der Waals surface area (Å²) in [6.07, 6.45) is 2.63. The molecule has 19 heavy (non-hydrogen) atoms. The third kappa shape index (κ3) is 3.50. The molecule has 0 spiro atoms. The quantitative estimate of drug-likeness (QED) is 0.881. The fourth-order valence-corrected chi connectivity index (χ4v) is 3.17. The molecule has 0 radical (unpaired) electrons. The van der Waals surface area contributed by atoms with Crippen LogP contribution in [0.3, 0.4) is 0 Å². The molecule has 0 aliphatic carbocycles. The highest BCUT2D eigenvalue weighted by Gasteiger charge is 2.22. The summed E-state index contributed by atoms with van der Waals surface area (Å²) in [5.41, 5.74) is 2.76. The number of hydrogen-bond donors (Lipinski definition) is 1. The molecule has 0 amide bonds. The summed E-state index contributed by atoms with van der Waals surface area (Å²) in [5.74, 6) is 0.874. The van der Waals surface area contributed by atoms with Gasteiger partial charge >= 0.3 is 0 Å². The minimum atomic E-state index is 0.442. The molecule has 1 aromatic rings. The molecule has 2 heteroatoms. The zero-order chi connectivity index (χ0) is 13.8. The van der Waals surface area contributed by atoms with Crippen molar-refractivity contribution < 1.29 is 0 Å². The molecule has 3 atom stereocenters. The minimum Gasteiger partial charge on any atom is -0.369 e. The molecule has 1 aliphatic heterocycles. The SMILES string of the molecule is CCNC(C)c1ccc(N2CCC(C)CC2C)cc1. The van der Waals surface area contributed by atoms with Crippen molar-refractivity contribution in [2.75, 3.05) is 18.0 Å². The fourth-order valence-electron chi connectivity index (χ4n) is 3.17. The lowest BCUT2D eigenvalue weighted by molar-refractivity contribution is 0.378. The monoisotopic (exact) mass is 260 g/mol. The van der Waals surface area contributed by atoms with E-state index in [9.17, 15) is 0 Å². The highest BCUT2D eigenvalue weighted by Crippen LogP contribution is 2.28. The number of anilines is 1. The van der Waals surface area contributed by atoms with E-state index in [2.05, 4.69) is 62.2 Å². The van der Waals surface area contributed by atoms with E-state index in [0.29, 0.717) is 12.1 Å². The second-order valence-corrected chi connectivity index (χ2v) is 6.04. The fraction of sp³-hybridized carbons (Fsp3) is 0.647. The van der Waals surface area contributed by atoms with Crippen LogP contribution < -0.4 is 10.2 Å². The summed E-state index contributed by atoms with van der Waals surface area (Å²) in [6, 6.07) is 10.2. The van der Waals surface area contributed by atoms with Gasteiger partial charge in [-0.1, -0.05) is 26.0 Å². The van der Waals surface area contributed by atoms with Crippen LogP contribution >= 0.6 is 0 Å². The third-order valence-electron chi connectivity index (χ3n) is 4.37. The lowest BCUT2D eigenvalue weighted by Crippen LogP contribution is -2.40. The van der Waals surface area contributed by atoms with Gasteiger partial charge in [-0.3, -0.25) is 0 Å². The molecule has 1 aliphatic rings. The van der Waals surface area contributed by atoms with Crippen molar-refractivity contribution in [2.45, 2.75) is 52.6 Å². The van der Waals surface area contributed by atoms with Crippen LogP contribution in [-0.2, 0) is 0 Å². The zero-order valence-electron chi connectivity index (χ0n) is 12.8. The van der Waals surface area contributed by atoms with Gasteiger partial charge < -0.3 is 10.2 Å². The Morgan fingerprint density at radius 1 is 1.26 bits per heavy atom. The van der Waals surface area contributed by atoms with E-state index >= 15 is 0 Å². The average Bonchev–Trinajstić information content (AvgIpc) is 2.39. The summed E-state index contributed by atoms with van der Waals surface area (Å²) >= 11 is 0. The topological polar surface area (TPSA) is 15.3 Å². The van der Waals surface area contributed by atoms with Crippen molar-refractivity contribution in [3.63, 3.8) is 0 Å². The molecule has 1 N–H and O–H groups in total. The molecule has 0 bridgehead atoms. The van der Waals surface area contributed by atoms with Crippen molar-refractivity contribution in [3.05, 3.63) is 29.8 Å². The first kappa shape index (κ1) is 14.4. The molecule has 1 heterocycles. The first-order chi connectivity index (χ1) is 9.11. The maximum atomic E-state index is 3.46. The predicted octanol–water partition coefficient (Wildman–Crippen LogP) is 3.98. The summed E-state index contributed by atoms with van der Waals surface area (Å²) in [6.45, 7) is 11.3. The lowest BCUT2D eigenvalue weighted by atomic mass is 9.93. The van der Waals surface area contributed by atoms with Crippen LogP contribution in [0.2, 0.25) is 0 Å². The first-order valence-corrected chi connectivity index (χ1v) is 7.71. The van der Waals surface area contributed by atoms with Crippen LogP contribution in [0.25, 0.3) is 0 Å². The number of nitrogens with one attached hydrogen (secondary N) is 1. The molecule has 3 unspecified atom stereocenters. The van der Waals surface area contributed by atoms with Gasteiger partial charge in [-0.05, 0) is 56.8 Å². The van der Waals surface area contributed by atoms with Gasteiger partial charge in [-0.2, -0.15) is 0 Å². The molecular weight excluding hydrogens is 232 g/mol. The van der Waals surface area contributed by atoms with E-state index in [1.807, 2.05) is 0 Å². The van der Waals surface area contributed by atoms with Gasteiger partial charge in [0, 0.05) is 24.3 Å². The van der Waals surface area contributed by atoms with Gasteiger partial charge in [0.15, 0.2) is 0 Å². The minimum absolute atomic E-state index is 0.442. The largest absolute Gasteiger partial charge is 0.369 e. The van der Waals surface area contributed by atoms with E-state index in [4.69, 9.17) is 0 Å². The van der Waals surface area contributed by atoms with E-state index in [-0.39, 0.29) is 0 Å². The predicted molar refractivity (Wildman–Crippen MR) is 83.7 cm³/mol. The third-order valence-corrected chi connectivity index (χ3v) is 4.37. The van der Waals surface area contributed by atoms with Gasteiger partial charge in [0.25, 0.3) is 0 Å². The Morgan fingerprint density at radius 3 is 2.53 bits per heavy atom. The molecule has 1 saturated heterocycles. The average molecular weight is 260 g/mol. The standard InChI is InChI=1S/C17H28N2/c1-5-18-15(4)16-6-8-17(9-7-16)19-11-10-13(2)12-14(19)3/h6-9,13-15,18H,5,10-12H2,1-4H3. The van der Waals surface area contributed by atoms with Crippen LogP contribution in [0, 0.1) is 5.92 Å². The van der Waals surface area contributed by atoms with Crippen LogP contribution in [0.5, 0.6) is 0 Å². The molecular formula is C17H28N2. The lowest BCUT2D eigenvalue weighted by Gasteiger charge is -2.38. The molecule has 0 saturated carbocycles. The van der Waals surface area contributed by atoms with Crippen molar-refractivity contribution >= 4 is 5.69 Å². The Bertz CT molecular complexity index is 385. The normalized spacial score (nSPS) is 25.4. The number of hydrogen-bond acceptors (Lipinski definition) is 2. The second kappa shape index (κ2) is 6.42. The maximum Gasteiger partial charge on any atom is 0.0368 e. The highest BCUT2D eigenvalue weighted by molar-refractivity contribution is 5.49. The van der Waals surface area contributed by atoms with Crippen molar-refractivity contribution in [1.82, 2.24) is 5.32 Å². The number of rotatable bonds is 4. The molecule has 106 valence electrons. The van der Waals surface area contributed by atoms with Gasteiger partial charge in [0.1, 0.15) is 0 Å². The summed E-state index contributed by atoms with van der Waals surface area (Å²) in [4.78, 5) is 2.56. The van der Waals surface area contributed by atoms with Crippen LogP contribution in [0.1, 0.15) is 52.1 Å². The first-order valence-electron chi connectivity index (χ1n) is 7.71. The van der Waals surface area contributed by atoms with Crippen LogP contribution in [0.15, 0.2) is 24.3 Å². The van der Waals surface area contributed by atoms with Gasteiger partial charge in [0.05, 0.1) is 0 Å². The van der Waals surface area contributed by atoms with Gasteiger partial charge in [-0.15, -0.1) is 0 Å². The summed E-state index contributed by atoms with van der Waals surface area (Å²) < 4.78 is 0. The number of nitrogens with zero attached hydrogens (tertiary/aromatic N) is 1. The molecule has 2 nitrogen and oxygen atoms in total. The number of benzene rings is 1.